The Morgan fingerprint density at radius 3 is 2.55 bits per heavy atom. The standard InChI is InChI=1S/C22H13ClN4O4S2/c23-14-4-6-15(7-5-14)26-21(29)17(20(28)25-22(26)32)12-13-11-16(27(30)31)8-9-18(13)33-19-3-1-2-10-24-19/h1-12H,(H,25,28,32). The molecule has 11 heteroatoms. The van der Waals surface area contributed by atoms with E-state index in [0.29, 0.717) is 26.2 Å². The van der Waals surface area contributed by atoms with Crippen molar-refractivity contribution >= 4 is 70.0 Å². The molecular weight excluding hydrogens is 484 g/mol. The molecule has 1 aromatic heterocycles. The second kappa shape index (κ2) is 9.49. The summed E-state index contributed by atoms with van der Waals surface area (Å²) in [4.78, 5) is 42.7. The molecule has 164 valence electrons. The summed E-state index contributed by atoms with van der Waals surface area (Å²) in [6.07, 6.45) is 2.94. The van der Waals surface area contributed by atoms with Crippen molar-refractivity contribution in [3.05, 3.63) is 93.1 Å². The molecule has 4 rings (SSSR count). The third kappa shape index (κ3) is 4.92. The lowest BCUT2D eigenvalue weighted by molar-refractivity contribution is -0.384. The smallest absolute Gasteiger partial charge is 0.270 e. The van der Waals surface area contributed by atoms with Crippen molar-refractivity contribution in [3.8, 4) is 0 Å². The van der Waals surface area contributed by atoms with Crippen molar-refractivity contribution in [2.45, 2.75) is 9.92 Å². The van der Waals surface area contributed by atoms with E-state index in [2.05, 4.69) is 10.3 Å². The molecule has 3 aromatic rings. The van der Waals surface area contributed by atoms with Crippen LogP contribution in [0.15, 0.2) is 82.4 Å². The molecule has 1 saturated heterocycles. The molecule has 1 fully saturated rings. The molecule has 33 heavy (non-hydrogen) atoms. The maximum Gasteiger partial charge on any atom is 0.270 e. The molecule has 0 bridgehead atoms. The van der Waals surface area contributed by atoms with Gasteiger partial charge in [0.15, 0.2) is 5.11 Å². The van der Waals surface area contributed by atoms with E-state index in [4.69, 9.17) is 23.8 Å². The lowest BCUT2D eigenvalue weighted by atomic mass is 10.1. The van der Waals surface area contributed by atoms with E-state index < -0.39 is 16.7 Å². The minimum Gasteiger partial charge on any atom is -0.298 e. The average molecular weight is 497 g/mol. The lowest BCUT2D eigenvalue weighted by Gasteiger charge is -2.29. The highest BCUT2D eigenvalue weighted by atomic mass is 35.5. The molecule has 0 atom stereocenters. The molecular formula is C22H13ClN4O4S2. The van der Waals surface area contributed by atoms with E-state index in [0.717, 1.165) is 0 Å². The monoisotopic (exact) mass is 496 g/mol. The van der Waals surface area contributed by atoms with Crippen molar-refractivity contribution in [1.82, 2.24) is 10.3 Å². The molecule has 1 aliphatic heterocycles. The fourth-order valence-electron chi connectivity index (χ4n) is 3.01. The number of amides is 2. The molecule has 2 aromatic carbocycles. The SMILES string of the molecule is O=C1NC(=S)N(c2ccc(Cl)cc2)C(=O)C1=Cc1cc([N+](=O)[O-])ccc1Sc1ccccn1. The Hall–Kier alpha value is -3.60. The minimum atomic E-state index is -0.699. The Bertz CT molecular complexity index is 1310. The Morgan fingerprint density at radius 1 is 1.12 bits per heavy atom. The van der Waals surface area contributed by atoms with Gasteiger partial charge in [0.2, 0.25) is 0 Å². The van der Waals surface area contributed by atoms with E-state index in [9.17, 15) is 19.7 Å². The number of thiocarbonyl (C=S) groups is 1. The van der Waals surface area contributed by atoms with Gasteiger partial charge in [-0.3, -0.25) is 29.9 Å². The second-order valence-electron chi connectivity index (χ2n) is 6.68. The number of nitrogens with zero attached hydrogens (tertiary/aromatic N) is 3. The molecule has 0 saturated carbocycles. The topological polar surface area (TPSA) is 105 Å². The van der Waals surface area contributed by atoms with Gasteiger partial charge in [0.1, 0.15) is 10.6 Å². The molecule has 2 heterocycles. The maximum atomic E-state index is 13.2. The highest BCUT2D eigenvalue weighted by Crippen LogP contribution is 2.33. The minimum absolute atomic E-state index is 0.0772. The van der Waals surface area contributed by atoms with Gasteiger partial charge in [-0.05, 0) is 66.3 Å². The molecule has 1 N–H and O–H groups in total. The summed E-state index contributed by atoms with van der Waals surface area (Å²) in [5.41, 5.74) is 0.340. The predicted octanol–water partition coefficient (Wildman–Crippen LogP) is 4.63. The van der Waals surface area contributed by atoms with Crippen molar-refractivity contribution in [3.63, 3.8) is 0 Å². The van der Waals surface area contributed by atoms with E-state index >= 15 is 0 Å². The Balaban J connectivity index is 1.78. The molecule has 8 nitrogen and oxygen atoms in total. The number of aromatic nitrogens is 1. The predicted molar refractivity (Wildman–Crippen MR) is 129 cm³/mol. The van der Waals surface area contributed by atoms with Gasteiger partial charge in [-0.2, -0.15) is 0 Å². The van der Waals surface area contributed by atoms with Gasteiger partial charge in [-0.1, -0.05) is 29.4 Å². The molecule has 0 spiro atoms. The maximum absolute atomic E-state index is 13.2. The summed E-state index contributed by atoms with van der Waals surface area (Å²) in [5.74, 6) is -1.36. The van der Waals surface area contributed by atoms with E-state index in [1.165, 1.54) is 34.9 Å². The van der Waals surface area contributed by atoms with Crippen LogP contribution in [-0.4, -0.2) is 26.8 Å². The van der Waals surface area contributed by atoms with Gasteiger partial charge in [0.25, 0.3) is 17.5 Å². The van der Waals surface area contributed by atoms with Crippen LogP contribution in [0, 0.1) is 10.1 Å². The number of rotatable bonds is 5. The van der Waals surface area contributed by atoms with Gasteiger partial charge in [0.05, 0.1) is 10.6 Å². The zero-order chi connectivity index (χ0) is 23.5. The van der Waals surface area contributed by atoms with Gasteiger partial charge in [-0.15, -0.1) is 0 Å². The highest BCUT2D eigenvalue weighted by molar-refractivity contribution is 7.99. The summed E-state index contributed by atoms with van der Waals surface area (Å²) in [5, 5.41) is 14.9. The summed E-state index contributed by atoms with van der Waals surface area (Å²) >= 11 is 12.4. The highest BCUT2D eigenvalue weighted by Gasteiger charge is 2.34. The molecule has 0 aliphatic carbocycles. The van der Waals surface area contributed by atoms with Crippen LogP contribution < -0.4 is 10.2 Å². The van der Waals surface area contributed by atoms with E-state index in [-0.39, 0.29) is 16.4 Å². The number of hydrogen-bond acceptors (Lipinski definition) is 7. The van der Waals surface area contributed by atoms with Crippen molar-refractivity contribution in [2.24, 2.45) is 0 Å². The number of carbonyl (C=O) groups excluding carboxylic acids is 2. The molecule has 0 unspecified atom stereocenters. The lowest BCUT2D eigenvalue weighted by Crippen LogP contribution is -2.54. The number of anilines is 1. The first kappa shape index (κ1) is 22.6. The van der Waals surface area contributed by atoms with Crippen molar-refractivity contribution in [1.29, 1.82) is 0 Å². The first-order valence-electron chi connectivity index (χ1n) is 9.38. The first-order valence-corrected chi connectivity index (χ1v) is 11.0. The van der Waals surface area contributed by atoms with Gasteiger partial charge < -0.3 is 0 Å². The third-order valence-corrected chi connectivity index (χ3v) is 6.12. The number of carbonyl (C=O) groups is 2. The van der Waals surface area contributed by atoms with Crippen molar-refractivity contribution < 1.29 is 14.5 Å². The largest absolute Gasteiger partial charge is 0.298 e. The van der Waals surface area contributed by atoms with Gasteiger partial charge in [0, 0.05) is 28.2 Å². The summed E-state index contributed by atoms with van der Waals surface area (Å²) in [6, 6.07) is 15.9. The normalized spacial score (nSPS) is 15.0. The number of benzene rings is 2. The number of non-ortho nitro benzene ring substituents is 1. The van der Waals surface area contributed by atoms with Gasteiger partial charge >= 0.3 is 0 Å². The van der Waals surface area contributed by atoms with Gasteiger partial charge in [-0.25, -0.2) is 4.98 Å². The van der Waals surface area contributed by atoms with Crippen LogP contribution >= 0.6 is 35.6 Å². The molecule has 0 radical (unpaired) electrons. The zero-order valence-electron chi connectivity index (χ0n) is 16.6. The van der Waals surface area contributed by atoms with Crippen LogP contribution in [0.2, 0.25) is 5.02 Å². The van der Waals surface area contributed by atoms with Crippen LogP contribution in [0.25, 0.3) is 6.08 Å². The fraction of sp³-hybridized carbons (Fsp3) is 0. The van der Waals surface area contributed by atoms with Crippen LogP contribution in [0.1, 0.15) is 5.56 Å². The Morgan fingerprint density at radius 2 is 1.88 bits per heavy atom. The second-order valence-corrected chi connectivity index (χ2v) is 8.57. The fourth-order valence-corrected chi connectivity index (χ4v) is 4.28. The number of halogens is 1. The molecule has 1 aliphatic rings. The van der Waals surface area contributed by atoms with Crippen molar-refractivity contribution in [2.75, 3.05) is 4.90 Å². The van der Waals surface area contributed by atoms with Crippen LogP contribution in [0.3, 0.4) is 0 Å². The van der Waals surface area contributed by atoms with Crippen LogP contribution in [-0.2, 0) is 9.59 Å². The number of nitro benzene ring substituents is 1. The molecule has 2 amide bonds. The number of nitrogens with one attached hydrogen (secondary N) is 1. The Labute approximate surface area is 202 Å². The average Bonchev–Trinajstić information content (AvgIpc) is 2.79. The summed E-state index contributed by atoms with van der Waals surface area (Å²) in [6.45, 7) is 0. The first-order chi connectivity index (χ1) is 15.8. The third-order valence-electron chi connectivity index (χ3n) is 4.54. The Kier molecular flexibility index (Phi) is 6.50. The van der Waals surface area contributed by atoms with Crippen LogP contribution in [0.4, 0.5) is 11.4 Å². The van der Waals surface area contributed by atoms with E-state index in [1.54, 1.807) is 48.7 Å². The summed E-state index contributed by atoms with van der Waals surface area (Å²) < 4.78 is 0. The van der Waals surface area contributed by atoms with E-state index in [1.807, 2.05) is 6.07 Å². The number of nitro groups is 1. The van der Waals surface area contributed by atoms with Crippen LogP contribution in [0.5, 0.6) is 0 Å². The number of pyridine rings is 1. The summed E-state index contributed by atoms with van der Waals surface area (Å²) in [7, 11) is 0. The zero-order valence-corrected chi connectivity index (χ0v) is 19.0. The quantitative estimate of drug-likeness (QED) is 0.180. The number of hydrogen-bond donors (Lipinski definition) is 1.